The van der Waals surface area contributed by atoms with Crippen molar-refractivity contribution in [1.82, 2.24) is 19.6 Å². The number of nitrogens with one attached hydrogen (secondary N) is 1. The Bertz CT molecular complexity index is 646. The van der Waals surface area contributed by atoms with Crippen molar-refractivity contribution < 1.29 is 4.79 Å². The first-order valence-electron chi connectivity index (χ1n) is 6.87. The van der Waals surface area contributed by atoms with Gasteiger partial charge in [-0.1, -0.05) is 18.5 Å². The fourth-order valence-electron chi connectivity index (χ4n) is 2.56. The third kappa shape index (κ3) is 2.27. The molecule has 2 aromatic heterocycles. The Morgan fingerprint density at radius 2 is 2.20 bits per heavy atom. The van der Waals surface area contributed by atoms with Crippen LogP contribution in [0.15, 0.2) is 18.3 Å². The zero-order valence-corrected chi connectivity index (χ0v) is 12.2. The van der Waals surface area contributed by atoms with Crippen molar-refractivity contribution in [2.45, 2.75) is 13.3 Å². The number of halogens is 1. The van der Waals surface area contributed by atoms with Gasteiger partial charge < -0.3 is 10.2 Å². The third-order valence-corrected chi connectivity index (χ3v) is 3.84. The van der Waals surface area contributed by atoms with Gasteiger partial charge in [0.25, 0.3) is 5.91 Å². The van der Waals surface area contributed by atoms with Crippen LogP contribution in [0.4, 0.5) is 0 Å². The molecule has 0 spiro atoms. The van der Waals surface area contributed by atoms with Crippen molar-refractivity contribution in [3.63, 3.8) is 0 Å². The summed E-state index contributed by atoms with van der Waals surface area (Å²) >= 11 is 5.99. The number of nitrogens with zero attached hydrogens (tertiary/aromatic N) is 3. The predicted octanol–water partition coefficient (Wildman–Crippen LogP) is 1.60. The van der Waals surface area contributed by atoms with Gasteiger partial charge in [0, 0.05) is 43.5 Å². The monoisotopic (exact) mass is 292 g/mol. The van der Waals surface area contributed by atoms with E-state index in [1.807, 2.05) is 22.4 Å². The van der Waals surface area contributed by atoms with Crippen LogP contribution in [0, 0.1) is 0 Å². The number of rotatable bonds is 2. The van der Waals surface area contributed by atoms with Gasteiger partial charge in [0.1, 0.15) is 11.3 Å². The summed E-state index contributed by atoms with van der Waals surface area (Å²) in [5.41, 5.74) is 2.23. The average Bonchev–Trinajstić information content (AvgIpc) is 2.84. The van der Waals surface area contributed by atoms with Gasteiger partial charge in [-0.3, -0.25) is 9.20 Å². The lowest BCUT2D eigenvalue weighted by Crippen LogP contribution is -2.46. The van der Waals surface area contributed by atoms with E-state index < -0.39 is 0 Å². The van der Waals surface area contributed by atoms with E-state index >= 15 is 0 Å². The van der Waals surface area contributed by atoms with E-state index in [2.05, 4.69) is 10.3 Å². The molecule has 0 saturated carbocycles. The minimum atomic E-state index is 0.0539. The Hall–Kier alpha value is -1.59. The number of hydrogen-bond donors (Lipinski definition) is 1. The molecule has 3 rings (SSSR count). The van der Waals surface area contributed by atoms with E-state index in [0.29, 0.717) is 10.7 Å². The molecule has 20 heavy (non-hydrogen) atoms. The minimum Gasteiger partial charge on any atom is -0.335 e. The summed E-state index contributed by atoms with van der Waals surface area (Å²) in [7, 11) is 0. The summed E-state index contributed by atoms with van der Waals surface area (Å²) in [4.78, 5) is 19.1. The number of fused-ring (bicyclic) bond motifs is 1. The van der Waals surface area contributed by atoms with E-state index in [4.69, 9.17) is 11.6 Å². The van der Waals surface area contributed by atoms with Crippen molar-refractivity contribution in [3.8, 4) is 0 Å². The topological polar surface area (TPSA) is 49.6 Å². The number of hydrogen-bond acceptors (Lipinski definition) is 3. The van der Waals surface area contributed by atoms with Crippen LogP contribution in [0.5, 0.6) is 0 Å². The number of piperazine rings is 1. The zero-order chi connectivity index (χ0) is 14.1. The molecule has 1 aliphatic rings. The van der Waals surface area contributed by atoms with Crippen molar-refractivity contribution in [2.24, 2.45) is 0 Å². The first-order chi connectivity index (χ1) is 9.70. The highest BCUT2D eigenvalue weighted by molar-refractivity contribution is 6.30. The number of aromatic nitrogens is 2. The zero-order valence-electron chi connectivity index (χ0n) is 11.4. The molecule has 0 aliphatic carbocycles. The van der Waals surface area contributed by atoms with Crippen LogP contribution in [-0.4, -0.2) is 46.4 Å². The second kappa shape index (κ2) is 5.42. The molecule has 1 amide bonds. The molecule has 106 valence electrons. The fraction of sp³-hybridized carbons (Fsp3) is 0.429. The van der Waals surface area contributed by atoms with Gasteiger partial charge in [-0.2, -0.15) is 0 Å². The maximum absolute atomic E-state index is 12.7. The van der Waals surface area contributed by atoms with Crippen LogP contribution < -0.4 is 5.32 Å². The number of amides is 1. The highest BCUT2D eigenvalue weighted by Gasteiger charge is 2.24. The molecule has 0 radical (unpaired) electrons. The SMILES string of the molecule is CCc1nc2cc(Cl)ccn2c1C(=O)N1CCNCC1. The largest absolute Gasteiger partial charge is 0.335 e. The van der Waals surface area contributed by atoms with Crippen molar-refractivity contribution >= 4 is 23.2 Å². The standard InChI is InChI=1S/C14H17ClN4O/c1-2-11-13(14(20)18-7-4-16-5-8-18)19-6-3-10(15)9-12(19)17-11/h3,6,9,16H,2,4-5,7-8H2,1H3. The minimum absolute atomic E-state index is 0.0539. The lowest BCUT2D eigenvalue weighted by molar-refractivity contribution is 0.0727. The molecule has 3 heterocycles. The molecule has 0 atom stereocenters. The van der Waals surface area contributed by atoms with Crippen molar-refractivity contribution in [2.75, 3.05) is 26.2 Å². The quantitative estimate of drug-likeness (QED) is 0.915. The molecule has 0 aromatic carbocycles. The number of carbonyl (C=O) groups excluding carboxylic acids is 1. The molecule has 2 aromatic rings. The second-order valence-electron chi connectivity index (χ2n) is 4.88. The molecule has 1 N–H and O–H groups in total. The maximum Gasteiger partial charge on any atom is 0.272 e. The number of imidazole rings is 1. The molecule has 1 fully saturated rings. The van der Waals surface area contributed by atoms with E-state index in [-0.39, 0.29) is 5.91 Å². The molecule has 5 nitrogen and oxygen atoms in total. The summed E-state index contributed by atoms with van der Waals surface area (Å²) in [5.74, 6) is 0.0539. The van der Waals surface area contributed by atoms with Gasteiger partial charge in [0.15, 0.2) is 0 Å². The van der Waals surface area contributed by atoms with Gasteiger partial charge in [0.05, 0.1) is 5.69 Å². The first kappa shape index (κ1) is 13.4. The smallest absolute Gasteiger partial charge is 0.272 e. The Kier molecular flexibility index (Phi) is 3.63. The first-order valence-corrected chi connectivity index (χ1v) is 7.25. The average molecular weight is 293 g/mol. The molecule has 1 aliphatic heterocycles. The molecular formula is C14H17ClN4O. The van der Waals surface area contributed by atoms with Gasteiger partial charge >= 0.3 is 0 Å². The van der Waals surface area contributed by atoms with Gasteiger partial charge in [-0.05, 0) is 12.5 Å². The van der Waals surface area contributed by atoms with Gasteiger partial charge in [0.2, 0.25) is 0 Å². The van der Waals surface area contributed by atoms with Crippen LogP contribution >= 0.6 is 11.6 Å². The highest BCUT2D eigenvalue weighted by atomic mass is 35.5. The van der Waals surface area contributed by atoms with Crippen LogP contribution in [0.3, 0.4) is 0 Å². The van der Waals surface area contributed by atoms with Crippen LogP contribution in [0.25, 0.3) is 5.65 Å². The number of carbonyl (C=O) groups is 1. The third-order valence-electron chi connectivity index (χ3n) is 3.60. The Labute approximate surface area is 122 Å². The molecular weight excluding hydrogens is 276 g/mol. The molecule has 6 heteroatoms. The Morgan fingerprint density at radius 3 is 2.90 bits per heavy atom. The fourth-order valence-corrected chi connectivity index (χ4v) is 2.71. The molecule has 0 bridgehead atoms. The van der Waals surface area contributed by atoms with E-state index in [1.165, 1.54) is 0 Å². The van der Waals surface area contributed by atoms with E-state index in [1.54, 1.807) is 12.1 Å². The van der Waals surface area contributed by atoms with Crippen molar-refractivity contribution in [3.05, 3.63) is 34.7 Å². The summed E-state index contributed by atoms with van der Waals surface area (Å²) in [6.07, 6.45) is 2.55. The molecule has 1 saturated heterocycles. The lowest BCUT2D eigenvalue weighted by Gasteiger charge is -2.27. The van der Waals surface area contributed by atoms with E-state index in [0.717, 1.165) is 43.9 Å². The second-order valence-corrected chi connectivity index (χ2v) is 5.31. The Balaban J connectivity index is 2.06. The summed E-state index contributed by atoms with van der Waals surface area (Å²) in [5, 5.41) is 3.89. The van der Waals surface area contributed by atoms with Crippen LogP contribution in [0.2, 0.25) is 5.02 Å². The van der Waals surface area contributed by atoms with Gasteiger partial charge in [-0.25, -0.2) is 4.98 Å². The van der Waals surface area contributed by atoms with Crippen molar-refractivity contribution in [1.29, 1.82) is 0 Å². The van der Waals surface area contributed by atoms with Crippen LogP contribution in [0.1, 0.15) is 23.1 Å². The lowest BCUT2D eigenvalue weighted by atomic mass is 10.2. The normalized spacial score (nSPS) is 15.8. The van der Waals surface area contributed by atoms with E-state index in [9.17, 15) is 4.79 Å². The summed E-state index contributed by atoms with van der Waals surface area (Å²) in [6.45, 7) is 5.18. The van der Waals surface area contributed by atoms with Gasteiger partial charge in [-0.15, -0.1) is 0 Å². The van der Waals surface area contributed by atoms with Crippen LogP contribution in [-0.2, 0) is 6.42 Å². The highest BCUT2D eigenvalue weighted by Crippen LogP contribution is 2.19. The molecule has 0 unspecified atom stereocenters. The Morgan fingerprint density at radius 1 is 1.45 bits per heavy atom. The number of pyridine rings is 1. The summed E-state index contributed by atoms with van der Waals surface area (Å²) in [6, 6.07) is 3.57. The predicted molar refractivity (Wildman–Crippen MR) is 78.4 cm³/mol. The maximum atomic E-state index is 12.7. The number of aryl methyl sites for hydroxylation is 1. The summed E-state index contributed by atoms with van der Waals surface area (Å²) < 4.78 is 1.84.